The summed E-state index contributed by atoms with van der Waals surface area (Å²) in [5.74, 6) is 0.189. The molecule has 0 unspecified atom stereocenters. The minimum atomic E-state index is -0.178. The van der Waals surface area contributed by atoms with Gasteiger partial charge in [-0.15, -0.1) is 0 Å². The van der Waals surface area contributed by atoms with Crippen molar-refractivity contribution in [3.05, 3.63) is 23.8 Å². The van der Waals surface area contributed by atoms with E-state index in [9.17, 15) is 9.59 Å². The van der Waals surface area contributed by atoms with Crippen LogP contribution in [0, 0.1) is 5.92 Å². The fourth-order valence-electron chi connectivity index (χ4n) is 1.62. The van der Waals surface area contributed by atoms with Gasteiger partial charge in [0.25, 0.3) is 5.91 Å². The molecule has 1 aliphatic heterocycles. The van der Waals surface area contributed by atoms with Gasteiger partial charge in [0.05, 0.1) is 12.1 Å². The largest absolute Gasteiger partial charge is 0.491 e. The number of nitrogens with one attached hydrogen (secondary N) is 2. The van der Waals surface area contributed by atoms with Gasteiger partial charge in [-0.1, -0.05) is 13.8 Å². The van der Waals surface area contributed by atoms with Gasteiger partial charge in [0.15, 0.2) is 0 Å². The van der Waals surface area contributed by atoms with Crippen molar-refractivity contribution in [1.29, 1.82) is 0 Å². The van der Waals surface area contributed by atoms with Crippen molar-refractivity contribution >= 4 is 17.5 Å². The molecular formula is C13H16N2O3. The molecule has 0 aromatic heterocycles. The Morgan fingerprint density at radius 1 is 1.44 bits per heavy atom. The number of carbonyl (C=O) groups excluding carboxylic acids is 2. The molecule has 0 atom stereocenters. The molecular weight excluding hydrogens is 232 g/mol. The van der Waals surface area contributed by atoms with Gasteiger partial charge in [0.1, 0.15) is 12.4 Å². The minimum absolute atomic E-state index is 0.0788. The molecule has 5 nitrogen and oxygen atoms in total. The van der Waals surface area contributed by atoms with E-state index >= 15 is 0 Å². The fourth-order valence-corrected chi connectivity index (χ4v) is 1.62. The number of hydrogen-bond acceptors (Lipinski definition) is 3. The van der Waals surface area contributed by atoms with E-state index in [1.54, 1.807) is 18.2 Å². The van der Waals surface area contributed by atoms with Crippen LogP contribution in [0.1, 0.15) is 24.2 Å². The summed E-state index contributed by atoms with van der Waals surface area (Å²) < 4.78 is 5.43. The molecule has 2 N–H and O–H groups in total. The second-order valence-electron chi connectivity index (χ2n) is 4.46. The predicted octanol–water partition coefficient (Wildman–Crippen LogP) is 1.40. The van der Waals surface area contributed by atoms with Crippen LogP contribution in [-0.4, -0.2) is 25.0 Å². The summed E-state index contributed by atoms with van der Waals surface area (Å²) in [6.07, 6.45) is 0. The van der Waals surface area contributed by atoms with Gasteiger partial charge in [-0.2, -0.15) is 0 Å². The summed E-state index contributed by atoms with van der Waals surface area (Å²) in [6, 6.07) is 5.07. The molecule has 1 aliphatic rings. The Balaban J connectivity index is 2.25. The monoisotopic (exact) mass is 248 g/mol. The lowest BCUT2D eigenvalue weighted by atomic mass is 10.1. The van der Waals surface area contributed by atoms with Crippen molar-refractivity contribution in [2.75, 3.05) is 18.5 Å². The van der Waals surface area contributed by atoms with Gasteiger partial charge in [-0.05, 0) is 18.2 Å². The van der Waals surface area contributed by atoms with E-state index in [-0.39, 0.29) is 17.7 Å². The van der Waals surface area contributed by atoms with Crippen LogP contribution in [0.25, 0.3) is 0 Å². The van der Waals surface area contributed by atoms with Crippen LogP contribution in [0.2, 0.25) is 0 Å². The van der Waals surface area contributed by atoms with Gasteiger partial charge >= 0.3 is 0 Å². The molecule has 96 valence electrons. The van der Waals surface area contributed by atoms with Crippen molar-refractivity contribution < 1.29 is 14.3 Å². The fraction of sp³-hybridized carbons (Fsp3) is 0.385. The van der Waals surface area contributed by atoms with Crippen LogP contribution < -0.4 is 15.4 Å². The minimum Gasteiger partial charge on any atom is -0.491 e. The molecule has 0 saturated heterocycles. The number of hydrogen-bond donors (Lipinski definition) is 2. The molecule has 2 amide bonds. The molecule has 0 spiro atoms. The van der Waals surface area contributed by atoms with Gasteiger partial charge < -0.3 is 15.4 Å². The van der Waals surface area contributed by atoms with Crippen LogP contribution in [0.4, 0.5) is 5.69 Å². The molecule has 5 heteroatoms. The molecule has 0 radical (unpaired) electrons. The Labute approximate surface area is 106 Å². The zero-order valence-electron chi connectivity index (χ0n) is 10.4. The Bertz CT molecular complexity index is 483. The van der Waals surface area contributed by atoms with Crippen LogP contribution >= 0.6 is 0 Å². The second kappa shape index (κ2) is 5.08. The summed E-state index contributed by atoms with van der Waals surface area (Å²) in [5, 5.41) is 5.49. The molecule has 0 bridgehead atoms. The van der Waals surface area contributed by atoms with Gasteiger partial charge in [0.2, 0.25) is 5.91 Å². The first-order valence-electron chi connectivity index (χ1n) is 5.94. The molecule has 1 heterocycles. The van der Waals surface area contributed by atoms with E-state index in [4.69, 9.17) is 4.74 Å². The average molecular weight is 248 g/mol. The maximum absolute atomic E-state index is 11.8. The Morgan fingerprint density at radius 3 is 2.94 bits per heavy atom. The highest BCUT2D eigenvalue weighted by Gasteiger charge is 2.17. The van der Waals surface area contributed by atoms with E-state index in [1.165, 1.54) is 0 Å². The number of anilines is 1. The first-order valence-corrected chi connectivity index (χ1v) is 5.94. The lowest BCUT2D eigenvalue weighted by Gasteiger charge is -2.10. The third-order valence-electron chi connectivity index (χ3n) is 2.66. The quantitative estimate of drug-likeness (QED) is 0.831. The summed E-state index contributed by atoms with van der Waals surface area (Å²) >= 11 is 0. The first-order chi connectivity index (χ1) is 8.58. The summed E-state index contributed by atoms with van der Waals surface area (Å²) in [5.41, 5.74) is 1.06. The highest BCUT2D eigenvalue weighted by Crippen LogP contribution is 2.24. The lowest BCUT2D eigenvalue weighted by molar-refractivity contribution is -0.118. The lowest BCUT2D eigenvalue weighted by Crippen LogP contribution is -2.24. The highest BCUT2D eigenvalue weighted by molar-refractivity contribution is 6.00. The van der Waals surface area contributed by atoms with E-state index in [2.05, 4.69) is 10.6 Å². The summed E-state index contributed by atoms with van der Waals surface area (Å²) in [4.78, 5) is 23.4. The smallest absolute Gasteiger partial charge is 0.255 e. The Hall–Kier alpha value is -2.04. The number of carbonyl (C=O) groups is 2. The highest BCUT2D eigenvalue weighted by atomic mass is 16.5. The SMILES string of the molecule is CC(C)C(=O)Nc1ccc2c(c1)C(=O)NCCO2. The maximum Gasteiger partial charge on any atom is 0.255 e. The number of fused-ring (bicyclic) bond motifs is 1. The second-order valence-corrected chi connectivity index (χ2v) is 4.46. The van der Waals surface area contributed by atoms with Gasteiger partial charge in [-0.25, -0.2) is 0 Å². The molecule has 18 heavy (non-hydrogen) atoms. The number of rotatable bonds is 2. The van der Waals surface area contributed by atoms with Crippen molar-refractivity contribution in [1.82, 2.24) is 5.32 Å². The number of amides is 2. The van der Waals surface area contributed by atoms with E-state index in [1.807, 2.05) is 13.8 Å². The van der Waals surface area contributed by atoms with Gasteiger partial charge in [0, 0.05) is 11.6 Å². The maximum atomic E-state index is 11.8. The number of benzene rings is 1. The molecule has 1 aromatic carbocycles. The standard InChI is InChI=1S/C13H16N2O3/c1-8(2)12(16)15-9-3-4-11-10(7-9)13(17)14-5-6-18-11/h3-4,7-8H,5-6H2,1-2H3,(H,14,17)(H,15,16). The molecule has 1 aromatic rings. The van der Waals surface area contributed by atoms with Crippen molar-refractivity contribution in [3.63, 3.8) is 0 Å². The third-order valence-corrected chi connectivity index (χ3v) is 2.66. The zero-order valence-corrected chi connectivity index (χ0v) is 10.4. The van der Waals surface area contributed by atoms with Crippen molar-refractivity contribution in [3.8, 4) is 5.75 Å². The van der Waals surface area contributed by atoms with Gasteiger partial charge in [-0.3, -0.25) is 9.59 Å². The number of ether oxygens (including phenoxy) is 1. The van der Waals surface area contributed by atoms with Crippen molar-refractivity contribution in [2.45, 2.75) is 13.8 Å². The molecule has 0 aliphatic carbocycles. The van der Waals surface area contributed by atoms with Crippen LogP contribution in [0.15, 0.2) is 18.2 Å². The third kappa shape index (κ3) is 2.61. The molecule has 0 fully saturated rings. The average Bonchev–Trinajstić information content (AvgIpc) is 2.52. The van der Waals surface area contributed by atoms with Crippen LogP contribution in [-0.2, 0) is 4.79 Å². The topological polar surface area (TPSA) is 67.4 Å². The molecule has 2 rings (SSSR count). The normalized spacial score (nSPS) is 14.3. The Kier molecular flexibility index (Phi) is 3.50. The zero-order chi connectivity index (χ0) is 13.1. The Morgan fingerprint density at radius 2 is 2.22 bits per heavy atom. The van der Waals surface area contributed by atoms with E-state index in [0.29, 0.717) is 30.2 Å². The summed E-state index contributed by atoms with van der Waals surface area (Å²) in [7, 11) is 0. The molecule has 0 saturated carbocycles. The van der Waals surface area contributed by atoms with Crippen molar-refractivity contribution in [2.24, 2.45) is 5.92 Å². The van der Waals surface area contributed by atoms with Crippen LogP contribution in [0.3, 0.4) is 0 Å². The summed E-state index contributed by atoms with van der Waals surface area (Å²) in [6.45, 7) is 4.57. The van der Waals surface area contributed by atoms with Crippen LogP contribution in [0.5, 0.6) is 5.75 Å². The predicted molar refractivity (Wildman–Crippen MR) is 67.7 cm³/mol. The van der Waals surface area contributed by atoms with E-state index < -0.39 is 0 Å². The van der Waals surface area contributed by atoms with E-state index in [0.717, 1.165) is 0 Å². The first kappa shape index (κ1) is 12.4.